The third kappa shape index (κ3) is 5.39. The topological polar surface area (TPSA) is 88.5 Å². The summed E-state index contributed by atoms with van der Waals surface area (Å²) >= 11 is 0. The van der Waals surface area contributed by atoms with Crippen LogP contribution in [0.25, 0.3) is 5.76 Å². The van der Waals surface area contributed by atoms with Crippen molar-refractivity contribution in [1.82, 2.24) is 9.80 Å². The lowest BCUT2D eigenvalue weighted by molar-refractivity contribution is -0.140. The van der Waals surface area contributed by atoms with E-state index in [1.54, 1.807) is 42.3 Å². The van der Waals surface area contributed by atoms with E-state index in [1.165, 1.54) is 0 Å². The van der Waals surface area contributed by atoms with Gasteiger partial charge in [0.15, 0.2) is 0 Å². The number of aryl methyl sites for hydroxylation is 1. The summed E-state index contributed by atoms with van der Waals surface area (Å²) in [7, 11) is 1.58. The number of nitrogens with zero attached hydrogens (tertiary/aromatic N) is 2. The zero-order valence-corrected chi connectivity index (χ0v) is 21.2. The molecule has 1 unspecified atom stereocenters. The molecule has 0 aromatic heterocycles. The molecule has 2 saturated heterocycles. The maximum absolute atomic E-state index is 13.3. The lowest BCUT2D eigenvalue weighted by Crippen LogP contribution is -2.38. The van der Waals surface area contributed by atoms with E-state index in [1.807, 2.05) is 26.0 Å². The SMILES string of the molecule is CCOc1ccc(/C(O)=C2/C(=O)C(=O)N(CCCN3CCOCC3)C2c2ccc(OC)cc2)cc1C. The number of hydrogen-bond acceptors (Lipinski definition) is 7. The van der Waals surface area contributed by atoms with E-state index in [0.29, 0.717) is 49.8 Å². The predicted molar refractivity (Wildman–Crippen MR) is 136 cm³/mol. The lowest BCUT2D eigenvalue weighted by Gasteiger charge is -2.29. The molecule has 8 heteroatoms. The van der Waals surface area contributed by atoms with E-state index >= 15 is 0 Å². The summed E-state index contributed by atoms with van der Waals surface area (Å²) in [6.45, 7) is 8.65. The lowest BCUT2D eigenvalue weighted by atomic mass is 9.94. The Hall–Kier alpha value is -3.36. The van der Waals surface area contributed by atoms with E-state index in [2.05, 4.69) is 4.90 Å². The number of morpholine rings is 1. The number of aliphatic hydroxyl groups excluding tert-OH is 1. The van der Waals surface area contributed by atoms with Gasteiger partial charge in [-0.25, -0.2) is 0 Å². The van der Waals surface area contributed by atoms with E-state index in [4.69, 9.17) is 14.2 Å². The molecule has 0 spiro atoms. The molecule has 2 aliphatic rings. The molecule has 4 rings (SSSR count). The second-order valence-corrected chi connectivity index (χ2v) is 8.99. The van der Waals surface area contributed by atoms with Crippen LogP contribution in [0.5, 0.6) is 11.5 Å². The Morgan fingerprint density at radius 3 is 2.44 bits per heavy atom. The fourth-order valence-corrected chi connectivity index (χ4v) is 4.80. The highest BCUT2D eigenvalue weighted by atomic mass is 16.5. The highest BCUT2D eigenvalue weighted by Gasteiger charge is 2.45. The summed E-state index contributed by atoms with van der Waals surface area (Å²) in [6, 6.07) is 11.8. The number of ketones is 1. The van der Waals surface area contributed by atoms with E-state index < -0.39 is 17.7 Å². The summed E-state index contributed by atoms with van der Waals surface area (Å²) in [6.07, 6.45) is 0.710. The number of likely N-dealkylation sites (tertiary alicyclic amines) is 1. The normalized spacial score (nSPS) is 20.1. The minimum absolute atomic E-state index is 0.0973. The summed E-state index contributed by atoms with van der Waals surface area (Å²) in [4.78, 5) is 30.3. The highest BCUT2D eigenvalue weighted by molar-refractivity contribution is 6.46. The molecule has 36 heavy (non-hydrogen) atoms. The van der Waals surface area contributed by atoms with Crippen molar-refractivity contribution in [1.29, 1.82) is 0 Å². The van der Waals surface area contributed by atoms with E-state index in [0.717, 1.165) is 30.8 Å². The van der Waals surface area contributed by atoms with Crippen molar-refractivity contribution in [2.45, 2.75) is 26.3 Å². The first kappa shape index (κ1) is 25.7. The number of rotatable bonds is 9. The fourth-order valence-electron chi connectivity index (χ4n) is 4.80. The van der Waals surface area contributed by atoms with Crippen LogP contribution in [-0.2, 0) is 14.3 Å². The summed E-state index contributed by atoms with van der Waals surface area (Å²) < 4.78 is 16.3. The molecular weight excluding hydrogens is 460 g/mol. The van der Waals surface area contributed by atoms with Gasteiger partial charge >= 0.3 is 0 Å². The largest absolute Gasteiger partial charge is 0.507 e. The van der Waals surface area contributed by atoms with Crippen molar-refractivity contribution in [3.05, 3.63) is 64.7 Å². The molecule has 0 saturated carbocycles. The van der Waals surface area contributed by atoms with E-state index in [9.17, 15) is 14.7 Å². The number of hydrogen-bond donors (Lipinski definition) is 1. The van der Waals surface area contributed by atoms with Crippen LogP contribution in [-0.4, -0.2) is 79.7 Å². The Morgan fingerprint density at radius 2 is 1.81 bits per heavy atom. The van der Waals surface area contributed by atoms with Gasteiger partial charge in [-0.1, -0.05) is 12.1 Å². The third-order valence-electron chi connectivity index (χ3n) is 6.70. The second-order valence-electron chi connectivity index (χ2n) is 8.99. The quantitative estimate of drug-likeness (QED) is 0.324. The average molecular weight is 495 g/mol. The van der Waals surface area contributed by atoms with Gasteiger partial charge in [0.05, 0.1) is 38.5 Å². The van der Waals surface area contributed by atoms with Crippen LogP contribution >= 0.6 is 0 Å². The monoisotopic (exact) mass is 494 g/mol. The van der Waals surface area contributed by atoms with Crippen molar-refractivity contribution < 1.29 is 28.9 Å². The first-order valence-electron chi connectivity index (χ1n) is 12.4. The molecule has 2 fully saturated rings. The van der Waals surface area contributed by atoms with Crippen LogP contribution < -0.4 is 9.47 Å². The molecule has 2 aromatic carbocycles. The third-order valence-corrected chi connectivity index (χ3v) is 6.70. The zero-order chi connectivity index (χ0) is 25.7. The molecule has 2 heterocycles. The predicted octanol–water partition coefficient (Wildman–Crippen LogP) is 3.55. The van der Waals surface area contributed by atoms with Gasteiger partial charge in [-0.05, 0) is 61.7 Å². The van der Waals surface area contributed by atoms with E-state index in [-0.39, 0.29) is 11.3 Å². The van der Waals surface area contributed by atoms with Gasteiger partial charge in [0.1, 0.15) is 17.3 Å². The van der Waals surface area contributed by atoms with Crippen molar-refractivity contribution in [3.8, 4) is 11.5 Å². The fraction of sp³-hybridized carbons (Fsp3) is 0.429. The molecule has 2 aromatic rings. The van der Waals surface area contributed by atoms with Crippen LogP contribution in [0.15, 0.2) is 48.0 Å². The Bertz CT molecular complexity index is 1120. The molecule has 192 valence electrons. The number of Topliss-reactive ketones (excluding diaryl/α,β-unsaturated/α-hetero) is 1. The molecule has 1 amide bonds. The molecule has 2 aliphatic heterocycles. The molecule has 1 N–H and O–H groups in total. The van der Waals surface area contributed by atoms with Crippen LogP contribution in [0.2, 0.25) is 0 Å². The number of carbonyl (C=O) groups is 2. The minimum atomic E-state index is -0.688. The summed E-state index contributed by atoms with van der Waals surface area (Å²) in [5.41, 5.74) is 2.15. The van der Waals surface area contributed by atoms with Crippen LogP contribution in [0.3, 0.4) is 0 Å². The number of ether oxygens (including phenoxy) is 3. The number of aliphatic hydroxyl groups is 1. The highest BCUT2D eigenvalue weighted by Crippen LogP contribution is 2.40. The maximum Gasteiger partial charge on any atom is 0.295 e. The standard InChI is InChI=1S/C28H34N2O6/c1-4-36-23-11-8-21(18-19(23)2)26(31)24-25(20-6-9-22(34-3)10-7-20)30(28(33)27(24)32)13-5-12-29-14-16-35-17-15-29/h6-11,18,25,31H,4-5,12-17H2,1-3H3/b26-24-. The van der Waals surface area contributed by atoms with Crippen molar-refractivity contribution in [2.24, 2.45) is 0 Å². The van der Waals surface area contributed by atoms with Crippen LogP contribution in [0.4, 0.5) is 0 Å². The van der Waals surface area contributed by atoms with Gasteiger partial charge in [0, 0.05) is 31.7 Å². The number of carbonyl (C=O) groups excluding carboxylic acids is 2. The molecular formula is C28H34N2O6. The molecule has 0 radical (unpaired) electrons. The van der Waals surface area contributed by atoms with Crippen molar-refractivity contribution >= 4 is 17.4 Å². The van der Waals surface area contributed by atoms with Gasteiger partial charge in [0.25, 0.3) is 11.7 Å². The maximum atomic E-state index is 13.3. The molecule has 8 nitrogen and oxygen atoms in total. The van der Waals surface area contributed by atoms with Gasteiger partial charge in [0.2, 0.25) is 0 Å². The summed E-state index contributed by atoms with van der Waals surface area (Å²) in [5, 5.41) is 11.3. The summed E-state index contributed by atoms with van der Waals surface area (Å²) in [5.74, 6) is -0.0706. The second kappa shape index (κ2) is 11.6. The molecule has 0 bridgehead atoms. The van der Waals surface area contributed by atoms with Crippen LogP contribution in [0.1, 0.15) is 36.1 Å². The average Bonchev–Trinajstić information content (AvgIpc) is 3.15. The zero-order valence-electron chi connectivity index (χ0n) is 21.2. The smallest absolute Gasteiger partial charge is 0.295 e. The Balaban J connectivity index is 1.68. The van der Waals surface area contributed by atoms with Crippen LogP contribution in [0, 0.1) is 6.92 Å². The first-order chi connectivity index (χ1) is 17.4. The van der Waals surface area contributed by atoms with Gasteiger partial charge < -0.3 is 24.2 Å². The molecule has 0 aliphatic carbocycles. The number of benzene rings is 2. The molecule has 1 atom stereocenters. The minimum Gasteiger partial charge on any atom is -0.507 e. The van der Waals surface area contributed by atoms with Crippen molar-refractivity contribution in [3.63, 3.8) is 0 Å². The first-order valence-corrected chi connectivity index (χ1v) is 12.4. The van der Waals surface area contributed by atoms with Gasteiger partial charge in [-0.15, -0.1) is 0 Å². The Labute approximate surface area is 212 Å². The number of amides is 1. The number of methoxy groups -OCH3 is 1. The van der Waals surface area contributed by atoms with Crippen molar-refractivity contribution in [2.75, 3.05) is 53.1 Å². The Morgan fingerprint density at radius 1 is 1.08 bits per heavy atom. The van der Waals surface area contributed by atoms with Gasteiger partial charge in [-0.2, -0.15) is 0 Å². The Kier molecular flexibility index (Phi) is 8.28. The van der Waals surface area contributed by atoms with Gasteiger partial charge in [-0.3, -0.25) is 14.5 Å².